The fourth-order valence-corrected chi connectivity index (χ4v) is 4.61. The van der Waals surface area contributed by atoms with Gasteiger partial charge in [0.05, 0.1) is 11.9 Å². The Morgan fingerprint density at radius 2 is 1.74 bits per heavy atom. The molecule has 2 aromatic rings. The number of anilines is 1. The van der Waals surface area contributed by atoms with Crippen LogP contribution in [0.1, 0.15) is 25.8 Å². The fraction of sp³-hybridized carbons (Fsp3) is 0.364. The third-order valence-electron chi connectivity index (χ3n) is 4.96. The molecule has 0 aliphatic heterocycles. The van der Waals surface area contributed by atoms with Crippen LogP contribution in [0.3, 0.4) is 0 Å². The van der Waals surface area contributed by atoms with Gasteiger partial charge in [-0.05, 0) is 43.2 Å². The van der Waals surface area contributed by atoms with E-state index >= 15 is 0 Å². The van der Waals surface area contributed by atoms with E-state index in [4.69, 9.17) is 23.2 Å². The van der Waals surface area contributed by atoms with Gasteiger partial charge in [-0.3, -0.25) is 13.9 Å². The Morgan fingerprint density at radius 1 is 1.06 bits per heavy atom. The van der Waals surface area contributed by atoms with E-state index in [-0.39, 0.29) is 23.7 Å². The Bertz CT molecular complexity index is 1160. The van der Waals surface area contributed by atoms with Gasteiger partial charge in [0.25, 0.3) is 0 Å². The lowest BCUT2D eigenvalue weighted by Crippen LogP contribution is -2.52. The van der Waals surface area contributed by atoms with Crippen LogP contribution in [0.5, 0.6) is 0 Å². The van der Waals surface area contributed by atoms with Gasteiger partial charge >= 0.3 is 0 Å². The highest BCUT2D eigenvalue weighted by molar-refractivity contribution is 7.92. The van der Waals surface area contributed by atoms with E-state index in [1.165, 1.54) is 11.0 Å². The van der Waals surface area contributed by atoms with E-state index < -0.39 is 46.1 Å². The van der Waals surface area contributed by atoms with Crippen molar-refractivity contribution >= 4 is 50.7 Å². The normalized spacial score (nSPS) is 12.2. The molecule has 0 bridgehead atoms. The lowest BCUT2D eigenvalue weighted by Gasteiger charge is -2.33. The topological polar surface area (TPSA) is 86.8 Å². The molecule has 0 saturated carbocycles. The maximum Gasteiger partial charge on any atom is 0.244 e. The van der Waals surface area contributed by atoms with Crippen LogP contribution in [-0.4, -0.2) is 50.5 Å². The van der Waals surface area contributed by atoms with Crippen LogP contribution in [0, 0.1) is 11.6 Å². The van der Waals surface area contributed by atoms with Crippen LogP contribution < -0.4 is 9.62 Å². The van der Waals surface area contributed by atoms with Crippen molar-refractivity contribution in [2.24, 2.45) is 0 Å². The van der Waals surface area contributed by atoms with E-state index in [2.05, 4.69) is 5.32 Å². The van der Waals surface area contributed by atoms with Crippen molar-refractivity contribution in [1.82, 2.24) is 10.2 Å². The van der Waals surface area contributed by atoms with Crippen molar-refractivity contribution in [3.8, 4) is 0 Å². The third kappa shape index (κ3) is 7.04. The van der Waals surface area contributed by atoms with Gasteiger partial charge in [0, 0.05) is 29.2 Å². The average Bonchev–Trinajstić information content (AvgIpc) is 2.74. The summed E-state index contributed by atoms with van der Waals surface area (Å²) in [6.45, 7) is 2.89. The molecule has 0 saturated heterocycles. The lowest BCUT2D eigenvalue weighted by molar-refractivity contribution is -0.140. The number of likely N-dealkylation sites (N-methyl/N-ethyl adjacent to an activating group) is 1. The molecule has 2 aromatic carbocycles. The number of sulfonamides is 1. The van der Waals surface area contributed by atoms with Crippen LogP contribution in [-0.2, 0) is 26.2 Å². The van der Waals surface area contributed by atoms with Gasteiger partial charge in [0.2, 0.25) is 21.8 Å². The van der Waals surface area contributed by atoms with Crippen LogP contribution in [0.15, 0.2) is 36.4 Å². The van der Waals surface area contributed by atoms with Crippen LogP contribution in [0.4, 0.5) is 14.5 Å². The molecule has 0 aromatic heterocycles. The molecule has 1 unspecified atom stereocenters. The molecule has 0 radical (unpaired) electrons. The Hall–Kier alpha value is -2.43. The highest BCUT2D eigenvalue weighted by Crippen LogP contribution is 2.25. The van der Waals surface area contributed by atoms with E-state index in [0.29, 0.717) is 27.5 Å². The van der Waals surface area contributed by atoms with Crippen LogP contribution in [0.25, 0.3) is 0 Å². The molecule has 1 N–H and O–H groups in total. The van der Waals surface area contributed by atoms with Gasteiger partial charge < -0.3 is 10.2 Å². The summed E-state index contributed by atoms with van der Waals surface area (Å²) >= 11 is 12.2. The molecular weight excluding hydrogens is 511 g/mol. The maximum atomic E-state index is 13.8. The van der Waals surface area contributed by atoms with Gasteiger partial charge in [-0.2, -0.15) is 0 Å². The molecule has 0 spiro atoms. The number of nitrogens with zero attached hydrogens (tertiary/aromatic N) is 2. The second-order valence-electron chi connectivity index (χ2n) is 7.44. The summed E-state index contributed by atoms with van der Waals surface area (Å²) in [4.78, 5) is 27.3. The van der Waals surface area contributed by atoms with Gasteiger partial charge in [-0.15, -0.1) is 0 Å². The number of hydrogen-bond acceptors (Lipinski definition) is 4. The molecule has 34 heavy (non-hydrogen) atoms. The monoisotopic (exact) mass is 535 g/mol. The zero-order valence-corrected chi connectivity index (χ0v) is 21.1. The number of amides is 2. The first-order chi connectivity index (χ1) is 15.9. The first-order valence-corrected chi connectivity index (χ1v) is 12.9. The molecule has 7 nitrogen and oxygen atoms in total. The van der Waals surface area contributed by atoms with Gasteiger partial charge in [-0.25, -0.2) is 17.2 Å². The van der Waals surface area contributed by atoms with Crippen molar-refractivity contribution < 1.29 is 26.8 Å². The minimum absolute atomic E-state index is 0.111. The van der Waals surface area contributed by atoms with Crippen LogP contribution in [0.2, 0.25) is 10.0 Å². The molecule has 0 aliphatic rings. The van der Waals surface area contributed by atoms with Crippen molar-refractivity contribution in [2.45, 2.75) is 32.9 Å². The second kappa shape index (κ2) is 11.8. The summed E-state index contributed by atoms with van der Waals surface area (Å²) in [5.74, 6) is -3.59. The van der Waals surface area contributed by atoms with Gasteiger partial charge in [0.15, 0.2) is 11.6 Å². The summed E-state index contributed by atoms with van der Waals surface area (Å²) in [5.41, 5.74) is 0.256. The standard InChI is InChI=1S/C22H25Cl2F2N3O4S/c1-4-20(22(31)27-5-2)28(12-14-6-7-15(23)10-17(14)24)21(30)13-29(34(3,32)33)16-8-9-18(25)19(26)11-16/h6-11,20H,4-5,12-13H2,1-3H3,(H,27,31). The Kier molecular flexibility index (Phi) is 9.66. The molecule has 0 aliphatic carbocycles. The molecule has 2 amide bonds. The molecule has 0 fully saturated rings. The third-order valence-corrected chi connectivity index (χ3v) is 6.69. The summed E-state index contributed by atoms with van der Waals surface area (Å²) in [5, 5.41) is 3.30. The summed E-state index contributed by atoms with van der Waals surface area (Å²) in [7, 11) is -4.07. The van der Waals surface area contributed by atoms with E-state index in [1.807, 2.05) is 0 Å². The minimum Gasteiger partial charge on any atom is -0.355 e. The predicted molar refractivity (Wildman–Crippen MR) is 128 cm³/mol. The molecule has 2 rings (SSSR count). The molecular formula is C22H25Cl2F2N3O4S. The SMILES string of the molecule is CCNC(=O)C(CC)N(Cc1ccc(Cl)cc1Cl)C(=O)CN(c1ccc(F)c(F)c1)S(C)(=O)=O. The lowest BCUT2D eigenvalue weighted by atomic mass is 10.1. The minimum atomic E-state index is -4.07. The molecule has 1 atom stereocenters. The molecule has 12 heteroatoms. The first-order valence-electron chi connectivity index (χ1n) is 10.3. The van der Waals surface area contributed by atoms with Crippen molar-refractivity contribution in [1.29, 1.82) is 0 Å². The number of hydrogen-bond donors (Lipinski definition) is 1. The number of rotatable bonds is 10. The highest BCUT2D eigenvalue weighted by Gasteiger charge is 2.32. The van der Waals surface area contributed by atoms with E-state index in [0.717, 1.165) is 18.4 Å². The Morgan fingerprint density at radius 3 is 2.26 bits per heavy atom. The predicted octanol–water partition coefficient (Wildman–Crippen LogP) is 3.98. The zero-order chi connectivity index (χ0) is 25.6. The molecule has 186 valence electrons. The summed E-state index contributed by atoms with van der Waals surface area (Å²) in [6.07, 6.45) is 1.07. The van der Waals surface area contributed by atoms with Crippen molar-refractivity contribution in [3.63, 3.8) is 0 Å². The smallest absolute Gasteiger partial charge is 0.244 e. The van der Waals surface area contributed by atoms with E-state index in [9.17, 15) is 26.8 Å². The first kappa shape index (κ1) is 27.8. The van der Waals surface area contributed by atoms with E-state index in [1.54, 1.807) is 26.0 Å². The second-order valence-corrected chi connectivity index (χ2v) is 10.2. The van der Waals surface area contributed by atoms with Gasteiger partial charge in [0.1, 0.15) is 12.6 Å². The van der Waals surface area contributed by atoms with Crippen molar-refractivity contribution in [2.75, 3.05) is 23.7 Å². The molecule has 0 heterocycles. The number of nitrogens with one attached hydrogen (secondary N) is 1. The Balaban J connectivity index is 2.48. The number of carbonyl (C=O) groups is 2. The highest BCUT2D eigenvalue weighted by atomic mass is 35.5. The number of benzene rings is 2. The Labute approximate surface area is 207 Å². The maximum absolute atomic E-state index is 13.8. The van der Waals surface area contributed by atoms with Crippen molar-refractivity contribution in [3.05, 3.63) is 63.6 Å². The summed E-state index contributed by atoms with van der Waals surface area (Å²) < 4.78 is 52.7. The average molecular weight is 536 g/mol. The summed E-state index contributed by atoms with van der Waals surface area (Å²) in [6, 6.07) is 6.21. The van der Waals surface area contributed by atoms with Gasteiger partial charge in [-0.1, -0.05) is 36.2 Å². The zero-order valence-electron chi connectivity index (χ0n) is 18.8. The van der Waals surface area contributed by atoms with Crippen LogP contribution >= 0.6 is 23.2 Å². The fourth-order valence-electron chi connectivity index (χ4n) is 3.30. The quantitative estimate of drug-likeness (QED) is 0.498. The largest absolute Gasteiger partial charge is 0.355 e. The number of halogens is 4. The number of carbonyl (C=O) groups excluding carboxylic acids is 2.